The number of hydrogen-bond acceptors (Lipinski definition) is 5. The maximum Gasteiger partial charge on any atom is 0.331 e. The molecule has 0 unspecified atom stereocenters. The molecule has 86 valence electrons. The van der Waals surface area contributed by atoms with Crippen molar-refractivity contribution in [2.75, 3.05) is 5.32 Å². The number of carbonyl (C=O) groups is 2. The Kier molecular flexibility index (Phi) is 3.33. The van der Waals surface area contributed by atoms with E-state index in [9.17, 15) is 9.59 Å². The van der Waals surface area contributed by atoms with Gasteiger partial charge in [-0.2, -0.15) is 4.80 Å². The summed E-state index contributed by atoms with van der Waals surface area (Å²) in [5, 5.41) is 21.8. The van der Waals surface area contributed by atoms with Crippen molar-refractivity contribution in [2.24, 2.45) is 7.05 Å². The van der Waals surface area contributed by atoms with Gasteiger partial charge >= 0.3 is 5.97 Å². The lowest BCUT2D eigenvalue weighted by molar-refractivity contribution is -0.133. The molecule has 0 aliphatic rings. The van der Waals surface area contributed by atoms with E-state index in [0.29, 0.717) is 0 Å². The summed E-state index contributed by atoms with van der Waals surface area (Å²) in [6.07, 6.45) is 0. The van der Waals surface area contributed by atoms with Crippen molar-refractivity contribution in [3.8, 4) is 0 Å². The molecule has 1 heterocycles. The maximum atomic E-state index is 11.5. The van der Waals surface area contributed by atoms with E-state index < -0.39 is 11.9 Å². The monoisotopic (exact) mass is 225 g/mol. The summed E-state index contributed by atoms with van der Waals surface area (Å²) in [7, 11) is 1.55. The summed E-state index contributed by atoms with van der Waals surface area (Å²) in [5.74, 6) is -1.67. The van der Waals surface area contributed by atoms with Crippen molar-refractivity contribution in [3.63, 3.8) is 0 Å². The molecule has 0 aromatic carbocycles. The first-order chi connectivity index (χ1) is 7.41. The van der Waals surface area contributed by atoms with Crippen molar-refractivity contribution >= 4 is 17.8 Å². The minimum atomic E-state index is -1.14. The molecule has 1 aromatic rings. The Bertz CT molecular complexity index is 462. The molecule has 1 rings (SSSR count). The van der Waals surface area contributed by atoms with Crippen LogP contribution in [0, 0.1) is 0 Å². The van der Waals surface area contributed by atoms with Gasteiger partial charge in [0.15, 0.2) is 0 Å². The largest absolute Gasteiger partial charge is 0.478 e. The van der Waals surface area contributed by atoms with Crippen LogP contribution in [-0.4, -0.2) is 37.2 Å². The highest BCUT2D eigenvalue weighted by Gasteiger charge is 2.14. The number of tetrazole rings is 1. The van der Waals surface area contributed by atoms with Gasteiger partial charge in [0, 0.05) is 11.1 Å². The quantitative estimate of drug-likeness (QED) is 0.675. The van der Waals surface area contributed by atoms with Gasteiger partial charge in [-0.05, 0) is 19.1 Å². The third-order valence-corrected chi connectivity index (χ3v) is 1.96. The highest BCUT2D eigenvalue weighted by Crippen LogP contribution is 2.06. The van der Waals surface area contributed by atoms with E-state index >= 15 is 0 Å². The molecule has 0 fully saturated rings. The smallest absolute Gasteiger partial charge is 0.331 e. The number of anilines is 1. The van der Waals surface area contributed by atoms with Crippen molar-refractivity contribution in [3.05, 3.63) is 11.1 Å². The van der Waals surface area contributed by atoms with Gasteiger partial charge in [0.1, 0.15) is 0 Å². The second-order valence-electron chi connectivity index (χ2n) is 3.11. The maximum absolute atomic E-state index is 11.5. The van der Waals surface area contributed by atoms with Crippen molar-refractivity contribution in [1.29, 1.82) is 0 Å². The van der Waals surface area contributed by atoms with Crippen LogP contribution in [0.4, 0.5) is 5.95 Å². The predicted octanol–water partition coefficient (Wildman–Crippen LogP) is -0.430. The van der Waals surface area contributed by atoms with Crippen LogP contribution in [0.15, 0.2) is 11.1 Å². The molecular formula is C8H11N5O3. The molecule has 8 heteroatoms. The molecule has 1 amide bonds. The number of hydrogen-bond donors (Lipinski definition) is 2. The van der Waals surface area contributed by atoms with E-state index in [1.165, 1.54) is 18.6 Å². The fraction of sp³-hybridized carbons (Fsp3) is 0.375. The van der Waals surface area contributed by atoms with Gasteiger partial charge in [-0.15, -0.1) is 5.10 Å². The van der Waals surface area contributed by atoms with E-state index in [2.05, 4.69) is 20.7 Å². The Labute approximate surface area is 90.9 Å². The molecule has 0 bridgehead atoms. The van der Waals surface area contributed by atoms with Crippen LogP contribution >= 0.6 is 0 Å². The zero-order chi connectivity index (χ0) is 12.3. The van der Waals surface area contributed by atoms with Gasteiger partial charge in [-0.25, -0.2) is 4.79 Å². The Morgan fingerprint density at radius 3 is 2.38 bits per heavy atom. The number of aryl methyl sites for hydroxylation is 1. The topological polar surface area (TPSA) is 110 Å². The average molecular weight is 225 g/mol. The third-order valence-electron chi connectivity index (χ3n) is 1.96. The summed E-state index contributed by atoms with van der Waals surface area (Å²) >= 11 is 0. The number of carbonyl (C=O) groups excluding carboxylic acids is 1. The van der Waals surface area contributed by atoms with Gasteiger partial charge in [-0.1, -0.05) is 5.10 Å². The second kappa shape index (κ2) is 4.51. The Morgan fingerprint density at radius 2 is 1.94 bits per heavy atom. The summed E-state index contributed by atoms with van der Waals surface area (Å²) in [4.78, 5) is 23.3. The normalized spacial score (nSPS) is 11.9. The number of aliphatic carboxylic acids is 1. The van der Waals surface area contributed by atoms with Crippen LogP contribution in [0.5, 0.6) is 0 Å². The predicted molar refractivity (Wildman–Crippen MR) is 53.4 cm³/mol. The Hall–Kier alpha value is -2.25. The van der Waals surface area contributed by atoms with E-state index in [4.69, 9.17) is 5.11 Å². The molecule has 0 saturated carbocycles. The number of aromatic nitrogens is 4. The van der Waals surface area contributed by atoms with Crippen LogP contribution in [0.3, 0.4) is 0 Å². The zero-order valence-corrected chi connectivity index (χ0v) is 9.05. The van der Waals surface area contributed by atoms with Gasteiger partial charge < -0.3 is 5.11 Å². The number of nitrogens with zero attached hydrogens (tertiary/aromatic N) is 4. The van der Waals surface area contributed by atoms with Crippen LogP contribution in [-0.2, 0) is 16.6 Å². The van der Waals surface area contributed by atoms with Gasteiger partial charge in [0.05, 0.1) is 7.05 Å². The van der Waals surface area contributed by atoms with E-state index in [1.54, 1.807) is 7.05 Å². The van der Waals surface area contributed by atoms with Crippen molar-refractivity contribution in [2.45, 2.75) is 13.8 Å². The second-order valence-corrected chi connectivity index (χ2v) is 3.11. The molecule has 0 spiro atoms. The van der Waals surface area contributed by atoms with Crippen molar-refractivity contribution < 1.29 is 14.7 Å². The number of carboxylic acids is 1. The lowest BCUT2D eigenvalue weighted by Crippen LogP contribution is -2.17. The first-order valence-electron chi connectivity index (χ1n) is 4.38. The zero-order valence-electron chi connectivity index (χ0n) is 9.05. The minimum absolute atomic E-state index is 0.0265. The molecule has 0 atom stereocenters. The van der Waals surface area contributed by atoms with Gasteiger partial charge in [0.2, 0.25) is 0 Å². The Balaban J connectivity index is 2.81. The highest BCUT2D eigenvalue weighted by atomic mass is 16.4. The molecule has 1 aromatic heterocycles. The minimum Gasteiger partial charge on any atom is -0.478 e. The van der Waals surface area contributed by atoms with Crippen LogP contribution < -0.4 is 5.32 Å². The molecule has 0 radical (unpaired) electrons. The van der Waals surface area contributed by atoms with E-state index in [0.717, 1.165) is 0 Å². The fourth-order valence-electron chi connectivity index (χ4n) is 0.860. The average Bonchev–Trinajstić information content (AvgIpc) is 2.61. The number of rotatable bonds is 3. The molecule has 8 nitrogen and oxygen atoms in total. The lowest BCUT2D eigenvalue weighted by Gasteiger charge is -2.02. The Morgan fingerprint density at radius 1 is 1.31 bits per heavy atom. The van der Waals surface area contributed by atoms with Crippen molar-refractivity contribution in [1.82, 2.24) is 20.2 Å². The molecule has 0 aliphatic carbocycles. The molecule has 0 saturated heterocycles. The SMILES string of the molecule is CC(C(=O)O)=C(C)C(=O)Nc1nnn(C)n1. The van der Waals surface area contributed by atoms with Crippen LogP contribution in [0.2, 0.25) is 0 Å². The van der Waals surface area contributed by atoms with Gasteiger partial charge in [0.25, 0.3) is 11.9 Å². The third kappa shape index (κ3) is 2.62. The summed E-state index contributed by atoms with van der Waals surface area (Å²) in [6, 6.07) is 0. The number of carboxylic acid groups (broad SMARTS) is 1. The van der Waals surface area contributed by atoms with Gasteiger partial charge in [-0.3, -0.25) is 10.1 Å². The standard InChI is InChI=1S/C8H11N5O3/c1-4(5(2)7(15)16)6(14)9-8-10-12-13(3)11-8/h1-3H3,(H,15,16)(H,9,11,14). The molecule has 2 N–H and O–H groups in total. The highest BCUT2D eigenvalue weighted by molar-refractivity contribution is 6.07. The van der Waals surface area contributed by atoms with E-state index in [-0.39, 0.29) is 17.1 Å². The molecule has 16 heavy (non-hydrogen) atoms. The molecular weight excluding hydrogens is 214 g/mol. The van der Waals surface area contributed by atoms with E-state index in [1.807, 2.05) is 0 Å². The summed E-state index contributed by atoms with van der Waals surface area (Å²) in [5.41, 5.74) is 0.0707. The fourth-order valence-corrected chi connectivity index (χ4v) is 0.860. The summed E-state index contributed by atoms with van der Waals surface area (Å²) < 4.78 is 0. The van der Waals surface area contributed by atoms with Crippen LogP contribution in [0.25, 0.3) is 0 Å². The summed E-state index contributed by atoms with van der Waals surface area (Å²) in [6.45, 7) is 2.76. The lowest BCUT2D eigenvalue weighted by atomic mass is 10.1. The van der Waals surface area contributed by atoms with Crippen LogP contribution in [0.1, 0.15) is 13.8 Å². The number of nitrogens with one attached hydrogen (secondary N) is 1. The first-order valence-corrected chi connectivity index (χ1v) is 4.38. The number of amides is 1. The first kappa shape index (κ1) is 11.8. The molecule has 0 aliphatic heterocycles.